The summed E-state index contributed by atoms with van der Waals surface area (Å²) in [6.07, 6.45) is 9.94. The van der Waals surface area contributed by atoms with Crippen molar-refractivity contribution in [3.05, 3.63) is 107 Å². The van der Waals surface area contributed by atoms with E-state index in [0.29, 0.717) is 0 Å². The summed E-state index contributed by atoms with van der Waals surface area (Å²) >= 11 is 0. The summed E-state index contributed by atoms with van der Waals surface area (Å²) in [7, 11) is 0. The van der Waals surface area contributed by atoms with Gasteiger partial charge in [0.15, 0.2) is 0 Å². The Morgan fingerprint density at radius 1 is 0.724 bits per heavy atom. The molecule has 144 valence electrons. The molecule has 0 aliphatic heterocycles. The molecule has 1 heterocycles. The van der Waals surface area contributed by atoms with Crippen molar-refractivity contribution in [2.75, 3.05) is 0 Å². The van der Waals surface area contributed by atoms with Gasteiger partial charge in [-0.05, 0) is 60.0 Å². The van der Waals surface area contributed by atoms with Gasteiger partial charge >= 0.3 is 0 Å². The Hall–Kier alpha value is -3.46. The molecule has 0 aliphatic rings. The molecule has 4 rings (SSSR count). The molecule has 0 saturated carbocycles. The molecule has 0 fully saturated rings. The summed E-state index contributed by atoms with van der Waals surface area (Å²) in [6, 6.07) is 19.4. The van der Waals surface area contributed by atoms with Crippen LogP contribution in [0.25, 0.3) is 35.2 Å². The van der Waals surface area contributed by atoms with Crippen molar-refractivity contribution in [2.24, 2.45) is 0 Å². The van der Waals surface area contributed by atoms with E-state index in [0.717, 1.165) is 39.7 Å². The minimum absolute atomic E-state index is 0.243. The van der Waals surface area contributed by atoms with Gasteiger partial charge in [-0.3, -0.25) is 0 Å². The fraction of sp³-hybridized carbons (Fsp3) is 0.0769. The Morgan fingerprint density at radius 3 is 1.90 bits per heavy atom. The van der Waals surface area contributed by atoms with Crippen molar-refractivity contribution in [3.8, 4) is 0 Å². The van der Waals surface area contributed by atoms with E-state index in [2.05, 4.69) is 35.9 Å². The van der Waals surface area contributed by atoms with E-state index >= 15 is 0 Å². The second-order valence-electron chi connectivity index (χ2n) is 6.92. The first kappa shape index (κ1) is 18.9. The number of halogens is 2. The summed E-state index contributed by atoms with van der Waals surface area (Å²) in [4.78, 5) is 0. The molecule has 0 atom stereocenters. The molecule has 0 N–H and O–H groups in total. The first-order valence-corrected chi connectivity index (χ1v) is 9.62. The van der Waals surface area contributed by atoms with Gasteiger partial charge in [0, 0.05) is 29.2 Å². The molecule has 1 nitrogen and oxygen atoms in total. The van der Waals surface area contributed by atoms with Crippen LogP contribution in [0.1, 0.15) is 29.2 Å². The number of fused-ring (bicyclic) bond motifs is 1. The third-order valence-electron chi connectivity index (χ3n) is 4.90. The van der Waals surface area contributed by atoms with Crippen LogP contribution in [0.2, 0.25) is 0 Å². The lowest BCUT2D eigenvalue weighted by atomic mass is 10.1. The first-order chi connectivity index (χ1) is 14.1. The SMILES string of the molecule is CCn1cc(/C=C/c2cccc(F)c2)c2cc(/C=C/c3cccc(F)c3)ccc21. The number of hydrogen-bond acceptors (Lipinski definition) is 0. The van der Waals surface area contributed by atoms with Crippen molar-refractivity contribution in [3.63, 3.8) is 0 Å². The Bertz CT molecular complexity index is 1210. The third-order valence-corrected chi connectivity index (χ3v) is 4.90. The minimum Gasteiger partial charge on any atom is -0.347 e. The third kappa shape index (κ3) is 4.35. The second-order valence-corrected chi connectivity index (χ2v) is 6.92. The molecular formula is C26H21F2N. The van der Waals surface area contributed by atoms with Crippen LogP contribution in [-0.4, -0.2) is 4.57 Å². The predicted octanol–water partition coefficient (Wildman–Crippen LogP) is 7.28. The molecule has 4 aromatic rings. The van der Waals surface area contributed by atoms with Crippen LogP contribution in [0.5, 0.6) is 0 Å². The van der Waals surface area contributed by atoms with E-state index in [-0.39, 0.29) is 11.6 Å². The van der Waals surface area contributed by atoms with Gasteiger partial charge in [0.25, 0.3) is 0 Å². The summed E-state index contributed by atoms with van der Waals surface area (Å²) in [5.41, 5.74) is 4.91. The average Bonchev–Trinajstić information content (AvgIpc) is 3.08. The van der Waals surface area contributed by atoms with Crippen LogP contribution in [0.4, 0.5) is 8.78 Å². The number of aromatic nitrogens is 1. The molecule has 3 heteroatoms. The molecule has 0 radical (unpaired) electrons. The largest absolute Gasteiger partial charge is 0.347 e. The summed E-state index contributed by atoms with van der Waals surface area (Å²) in [5, 5.41) is 1.13. The van der Waals surface area contributed by atoms with Crippen LogP contribution in [0.3, 0.4) is 0 Å². The number of nitrogens with zero attached hydrogens (tertiary/aromatic N) is 1. The molecule has 0 amide bonds. The quantitative estimate of drug-likeness (QED) is 0.318. The molecule has 3 aromatic carbocycles. The van der Waals surface area contributed by atoms with Gasteiger partial charge in [-0.1, -0.05) is 54.6 Å². The first-order valence-electron chi connectivity index (χ1n) is 9.62. The maximum atomic E-state index is 13.4. The van der Waals surface area contributed by atoms with Crippen LogP contribution in [0, 0.1) is 11.6 Å². The normalized spacial score (nSPS) is 11.8. The van der Waals surface area contributed by atoms with E-state index in [9.17, 15) is 8.78 Å². The lowest BCUT2D eigenvalue weighted by Gasteiger charge is -2.01. The number of hydrogen-bond donors (Lipinski definition) is 0. The predicted molar refractivity (Wildman–Crippen MR) is 118 cm³/mol. The Kier molecular flexibility index (Phi) is 5.39. The van der Waals surface area contributed by atoms with Crippen molar-refractivity contribution in [1.29, 1.82) is 0 Å². The second kappa shape index (κ2) is 8.27. The van der Waals surface area contributed by atoms with E-state index in [1.807, 2.05) is 36.4 Å². The zero-order valence-corrected chi connectivity index (χ0v) is 16.1. The number of rotatable bonds is 5. The highest BCUT2D eigenvalue weighted by molar-refractivity contribution is 5.94. The smallest absolute Gasteiger partial charge is 0.123 e. The highest BCUT2D eigenvalue weighted by atomic mass is 19.1. The average molecular weight is 385 g/mol. The standard InChI is InChI=1S/C26H21F2N/c1-2-29-18-22(13-11-20-6-4-8-24(28)16-20)25-17-21(12-14-26(25)29)10-9-19-5-3-7-23(27)15-19/h3-18H,2H2,1H3/b10-9+,13-11+. The number of aryl methyl sites for hydroxylation is 1. The summed E-state index contributed by atoms with van der Waals surface area (Å²) in [5.74, 6) is -0.486. The topological polar surface area (TPSA) is 4.93 Å². The molecule has 0 unspecified atom stereocenters. The van der Waals surface area contributed by atoms with Crippen molar-refractivity contribution >= 4 is 35.2 Å². The van der Waals surface area contributed by atoms with E-state index in [4.69, 9.17) is 0 Å². The Morgan fingerprint density at radius 2 is 1.31 bits per heavy atom. The maximum absolute atomic E-state index is 13.4. The van der Waals surface area contributed by atoms with Gasteiger partial charge in [-0.25, -0.2) is 8.78 Å². The zero-order valence-electron chi connectivity index (χ0n) is 16.1. The fourth-order valence-corrected chi connectivity index (χ4v) is 3.44. The van der Waals surface area contributed by atoms with Crippen molar-refractivity contribution < 1.29 is 8.78 Å². The highest BCUT2D eigenvalue weighted by Crippen LogP contribution is 2.26. The van der Waals surface area contributed by atoms with Gasteiger partial charge in [-0.2, -0.15) is 0 Å². The fourth-order valence-electron chi connectivity index (χ4n) is 3.44. The molecule has 0 aliphatic carbocycles. The Balaban J connectivity index is 1.70. The van der Waals surface area contributed by atoms with Crippen LogP contribution in [-0.2, 0) is 6.54 Å². The van der Waals surface area contributed by atoms with E-state index < -0.39 is 0 Å². The highest BCUT2D eigenvalue weighted by Gasteiger charge is 2.06. The molecule has 0 spiro atoms. The summed E-state index contributed by atoms with van der Waals surface area (Å²) < 4.78 is 29.0. The lowest BCUT2D eigenvalue weighted by Crippen LogP contribution is -1.90. The van der Waals surface area contributed by atoms with Crippen LogP contribution >= 0.6 is 0 Å². The minimum atomic E-state index is -0.243. The summed E-state index contributed by atoms with van der Waals surface area (Å²) in [6.45, 7) is 2.97. The molecule has 0 bridgehead atoms. The maximum Gasteiger partial charge on any atom is 0.123 e. The van der Waals surface area contributed by atoms with Crippen molar-refractivity contribution in [2.45, 2.75) is 13.5 Å². The van der Waals surface area contributed by atoms with Crippen molar-refractivity contribution in [1.82, 2.24) is 4.57 Å². The van der Waals surface area contributed by atoms with Crippen LogP contribution in [0.15, 0.2) is 72.9 Å². The lowest BCUT2D eigenvalue weighted by molar-refractivity contribution is 0.627. The van der Waals surface area contributed by atoms with E-state index in [1.54, 1.807) is 12.1 Å². The zero-order chi connectivity index (χ0) is 20.2. The van der Waals surface area contributed by atoms with Gasteiger partial charge in [0.1, 0.15) is 11.6 Å². The van der Waals surface area contributed by atoms with Crippen LogP contribution < -0.4 is 0 Å². The van der Waals surface area contributed by atoms with Gasteiger partial charge in [-0.15, -0.1) is 0 Å². The van der Waals surface area contributed by atoms with E-state index in [1.165, 1.54) is 24.3 Å². The molecular weight excluding hydrogens is 364 g/mol. The van der Waals surface area contributed by atoms with Gasteiger partial charge in [0.2, 0.25) is 0 Å². The molecule has 0 saturated heterocycles. The van der Waals surface area contributed by atoms with Gasteiger partial charge < -0.3 is 4.57 Å². The number of benzene rings is 3. The molecule has 29 heavy (non-hydrogen) atoms. The monoisotopic (exact) mass is 385 g/mol. The Labute approximate surface area is 169 Å². The van der Waals surface area contributed by atoms with Gasteiger partial charge in [0.05, 0.1) is 0 Å². The molecule has 1 aromatic heterocycles.